The molecule has 3 nitrogen and oxygen atoms in total. The van der Waals surface area contributed by atoms with Crippen LogP contribution in [0.25, 0.3) is 0 Å². The van der Waals surface area contributed by atoms with Crippen LogP contribution in [0.4, 0.5) is 0 Å². The maximum Gasteiger partial charge on any atom is 0.101 e. The minimum atomic E-state index is 0.0415. The summed E-state index contributed by atoms with van der Waals surface area (Å²) in [6, 6.07) is 7.94. The highest BCUT2D eigenvalue weighted by Gasteiger charge is 2.03. The van der Waals surface area contributed by atoms with Crippen LogP contribution in [0.5, 0.6) is 0 Å². The van der Waals surface area contributed by atoms with Gasteiger partial charge in [0.2, 0.25) is 0 Å². The summed E-state index contributed by atoms with van der Waals surface area (Å²) >= 11 is 1.61. The average molecular weight is 231 g/mol. The largest absolute Gasteiger partial charge is 0.324 e. The molecule has 0 aliphatic heterocycles. The third-order valence-electron chi connectivity index (χ3n) is 2.16. The van der Waals surface area contributed by atoms with Crippen LogP contribution < -0.4 is 5.73 Å². The third-order valence-corrected chi connectivity index (χ3v) is 3.10. The zero-order chi connectivity index (χ0) is 11.4. The normalized spacial score (nSPS) is 12.4. The summed E-state index contributed by atoms with van der Waals surface area (Å²) < 4.78 is 0. The van der Waals surface area contributed by atoms with Crippen molar-refractivity contribution in [2.75, 3.05) is 0 Å². The first-order chi connectivity index (χ1) is 7.75. The predicted octanol–water partition coefficient (Wildman–Crippen LogP) is 2.65. The van der Waals surface area contributed by atoms with Crippen molar-refractivity contribution in [1.29, 1.82) is 0 Å². The van der Waals surface area contributed by atoms with Crippen LogP contribution in [0.15, 0.2) is 52.8 Å². The Morgan fingerprint density at radius 1 is 1.19 bits per heavy atom. The van der Waals surface area contributed by atoms with Crippen molar-refractivity contribution in [3.8, 4) is 0 Å². The Labute approximate surface area is 99.1 Å². The van der Waals surface area contributed by atoms with Crippen molar-refractivity contribution < 1.29 is 0 Å². The summed E-state index contributed by atoms with van der Waals surface area (Å²) in [5.74, 6) is 0. The van der Waals surface area contributed by atoms with Gasteiger partial charge in [0.25, 0.3) is 0 Å². The zero-order valence-electron chi connectivity index (χ0n) is 9.00. The lowest BCUT2D eigenvalue weighted by atomic mass is 10.1. The van der Waals surface area contributed by atoms with Crippen molar-refractivity contribution in [3.63, 3.8) is 0 Å². The van der Waals surface area contributed by atoms with E-state index in [1.54, 1.807) is 30.4 Å². The smallest absolute Gasteiger partial charge is 0.101 e. The molecule has 0 fully saturated rings. The zero-order valence-corrected chi connectivity index (χ0v) is 9.82. The summed E-state index contributed by atoms with van der Waals surface area (Å²) in [4.78, 5) is 9.41. The van der Waals surface area contributed by atoms with E-state index < -0.39 is 0 Å². The molecule has 2 rings (SSSR count). The molecule has 2 N–H and O–H groups in total. The summed E-state index contributed by atoms with van der Waals surface area (Å²) in [6.07, 6.45) is 5.34. The molecule has 82 valence electrons. The first kappa shape index (κ1) is 11.1. The van der Waals surface area contributed by atoms with Gasteiger partial charge in [-0.2, -0.15) is 0 Å². The van der Waals surface area contributed by atoms with E-state index in [0.717, 1.165) is 15.5 Å². The quantitative estimate of drug-likeness (QED) is 0.882. The minimum Gasteiger partial charge on any atom is -0.324 e. The highest BCUT2D eigenvalue weighted by Crippen LogP contribution is 2.26. The number of hydrogen-bond donors (Lipinski definition) is 1. The van der Waals surface area contributed by atoms with E-state index in [1.165, 1.54) is 0 Å². The number of nitrogens with two attached hydrogens (primary N) is 1. The van der Waals surface area contributed by atoms with E-state index in [0.29, 0.717) is 0 Å². The Hall–Kier alpha value is -1.39. The Kier molecular flexibility index (Phi) is 3.54. The minimum absolute atomic E-state index is 0.0415. The van der Waals surface area contributed by atoms with Crippen LogP contribution in [-0.2, 0) is 0 Å². The van der Waals surface area contributed by atoms with Gasteiger partial charge in [-0.3, -0.25) is 4.98 Å². The highest BCUT2D eigenvalue weighted by molar-refractivity contribution is 7.99. The Morgan fingerprint density at radius 3 is 2.62 bits per heavy atom. The van der Waals surface area contributed by atoms with Crippen molar-refractivity contribution in [2.24, 2.45) is 5.73 Å². The summed E-state index contributed by atoms with van der Waals surface area (Å²) in [5.41, 5.74) is 6.93. The first-order valence-electron chi connectivity index (χ1n) is 5.05. The fourth-order valence-corrected chi connectivity index (χ4v) is 2.10. The molecule has 0 aliphatic carbocycles. The van der Waals surface area contributed by atoms with Gasteiger partial charge in [0.15, 0.2) is 0 Å². The molecule has 0 unspecified atom stereocenters. The second kappa shape index (κ2) is 5.09. The van der Waals surface area contributed by atoms with E-state index in [4.69, 9.17) is 5.73 Å². The number of aromatic nitrogens is 2. The summed E-state index contributed by atoms with van der Waals surface area (Å²) in [6.45, 7) is 1.97. The maximum atomic E-state index is 5.83. The lowest BCUT2D eigenvalue weighted by molar-refractivity contribution is 0.808. The van der Waals surface area contributed by atoms with Gasteiger partial charge in [-0.25, -0.2) is 4.98 Å². The number of nitrogens with zero attached hydrogens (tertiary/aromatic N) is 2. The molecule has 1 atom stereocenters. The molecule has 0 bridgehead atoms. The van der Waals surface area contributed by atoms with Crippen molar-refractivity contribution in [3.05, 3.63) is 48.4 Å². The molecule has 0 aromatic carbocycles. The molecule has 2 aromatic heterocycles. The topological polar surface area (TPSA) is 51.8 Å². The van der Waals surface area contributed by atoms with Gasteiger partial charge in [0, 0.05) is 29.5 Å². The van der Waals surface area contributed by atoms with Crippen LogP contribution >= 0.6 is 11.8 Å². The second-order valence-electron chi connectivity index (χ2n) is 3.50. The molecule has 0 saturated heterocycles. The van der Waals surface area contributed by atoms with Crippen molar-refractivity contribution in [1.82, 2.24) is 9.97 Å². The van der Waals surface area contributed by atoms with E-state index in [1.807, 2.05) is 31.2 Å². The predicted molar refractivity (Wildman–Crippen MR) is 65.2 cm³/mol. The van der Waals surface area contributed by atoms with Crippen LogP contribution in [0.3, 0.4) is 0 Å². The number of pyridine rings is 2. The standard InChI is InChI=1S/C12H13N3S/c1-9(13)10-2-7-15-12(8-10)16-11-3-5-14-6-4-11/h2-9H,13H2,1H3/t9-/m1/s1. The van der Waals surface area contributed by atoms with Gasteiger partial charge in [0.05, 0.1) is 0 Å². The van der Waals surface area contributed by atoms with Crippen molar-refractivity contribution >= 4 is 11.8 Å². The van der Waals surface area contributed by atoms with Crippen LogP contribution in [0.2, 0.25) is 0 Å². The van der Waals surface area contributed by atoms with Gasteiger partial charge in [0.1, 0.15) is 5.03 Å². The molecular weight excluding hydrogens is 218 g/mol. The molecule has 4 heteroatoms. The van der Waals surface area contributed by atoms with Crippen molar-refractivity contribution in [2.45, 2.75) is 22.9 Å². The Bertz CT molecular complexity index is 457. The lowest BCUT2D eigenvalue weighted by Gasteiger charge is -2.06. The molecule has 0 amide bonds. The van der Waals surface area contributed by atoms with E-state index >= 15 is 0 Å². The molecule has 0 aliphatic rings. The fourth-order valence-electron chi connectivity index (χ4n) is 1.29. The fraction of sp³-hybridized carbons (Fsp3) is 0.167. The monoisotopic (exact) mass is 231 g/mol. The second-order valence-corrected chi connectivity index (χ2v) is 4.59. The van der Waals surface area contributed by atoms with Gasteiger partial charge in [-0.1, -0.05) is 11.8 Å². The third kappa shape index (κ3) is 2.81. The lowest BCUT2D eigenvalue weighted by Crippen LogP contribution is -2.04. The molecule has 0 radical (unpaired) electrons. The molecule has 0 saturated carbocycles. The number of rotatable bonds is 3. The molecular formula is C12H13N3S. The SMILES string of the molecule is C[C@@H](N)c1ccnc(Sc2ccncc2)c1. The number of hydrogen-bond acceptors (Lipinski definition) is 4. The summed E-state index contributed by atoms with van der Waals surface area (Å²) in [5, 5.41) is 0.959. The molecule has 16 heavy (non-hydrogen) atoms. The van der Waals surface area contributed by atoms with Gasteiger partial charge in [-0.15, -0.1) is 0 Å². The van der Waals surface area contributed by atoms with Gasteiger partial charge < -0.3 is 5.73 Å². The van der Waals surface area contributed by atoms with E-state index in [-0.39, 0.29) is 6.04 Å². The Morgan fingerprint density at radius 2 is 1.94 bits per heavy atom. The van der Waals surface area contributed by atoms with Crippen LogP contribution in [0, 0.1) is 0 Å². The van der Waals surface area contributed by atoms with Gasteiger partial charge in [-0.05, 0) is 36.8 Å². The maximum absolute atomic E-state index is 5.83. The molecule has 2 heterocycles. The highest BCUT2D eigenvalue weighted by atomic mass is 32.2. The Balaban J connectivity index is 2.19. The molecule has 0 spiro atoms. The van der Waals surface area contributed by atoms with E-state index in [9.17, 15) is 0 Å². The van der Waals surface area contributed by atoms with Crippen LogP contribution in [0.1, 0.15) is 18.5 Å². The van der Waals surface area contributed by atoms with Gasteiger partial charge >= 0.3 is 0 Å². The average Bonchev–Trinajstić information content (AvgIpc) is 2.30. The van der Waals surface area contributed by atoms with Crippen LogP contribution in [-0.4, -0.2) is 9.97 Å². The molecule has 2 aromatic rings. The summed E-state index contributed by atoms with van der Waals surface area (Å²) in [7, 11) is 0. The van der Waals surface area contributed by atoms with E-state index in [2.05, 4.69) is 9.97 Å². The first-order valence-corrected chi connectivity index (χ1v) is 5.87.